The molecule has 1 heterocycles. The maximum Gasteiger partial charge on any atom is 0.244 e. The van der Waals surface area contributed by atoms with E-state index in [2.05, 4.69) is 15.2 Å². The number of hydrogen-bond acceptors (Lipinski definition) is 5. The van der Waals surface area contributed by atoms with Crippen LogP contribution in [-0.2, 0) is 9.59 Å². The van der Waals surface area contributed by atoms with Crippen molar-refractivity contribution < 1.29 is 14.0 Å². The highest BCUT2D eigenvalue weighted by Crippen LogP contribution is 2.30. The van der Waals surface area contributed by atoms with Crippen LogP contribution in [0.25, 0.3) is 6.08 Å². The Hall–Kier alpha value is -2.58. The van der Waals surface area contributed by atoms with Gasteiger partial charge in [0.2, 0.25) is 11.8 Å². The van der Waals surface area contributed by atoms with Gasteiger partial charge in [0.15, 0.2) is 5.13 Å². The molecule has 0 saturated carbocycles. The van der Waals surface area contributed by atoms with Crippen molar-refractivity contribution in [3.8, 4) is 0 Å². The molecule has 0 atom stereocenters. The molecule has 0 unspecified atom stereocenters. The minimum Gasteiger partial charge on any atom is -0.353 e. The van der Waals surface area contributed by atoms with Crippen molar-refractivity contribution in [1.29, 1.82) is 0 Å². The molecule has 144 valence electrons. The highest BCUT2D eigenvalue weighted by atomic mass is 32.1. The Morgan fingerprint density at radius 1 is 1.30 bits per heavy atom. The van der Waals surface area contributed by atoms with Crippen molar-refractivity contribution in [2.75, 3.05) is 32.1 Å². The summed E-state index contributed by atoms with van der Waals surface area (Å²) in [5, 5.41) is 4.85. The van der Waals surface area contributed by atoms with Crippen LogP contribution in [0.15, 0.2) is 35.7 Å². The molecule has 0 aliphatic heterocycles. The van der Waals surface area contributed by atoms with E-state index in [4.69, 9.17) is 0 Å². The van der Waals surface area contributed by atoms with Crippen LogP contribution in [0.3, 0.4) is 0 Å². The number of nitrogens with zero attached hydrogens (tertiary/aromatic N) is 3. The summed E-state index contributed by atoms with van der Waals surface area (Å²) in [6.45, 7) is 2.84. The minimum atomic E-state index is -0.503. The predicted octanol–water partition coefficient (Wildman–Crippen LogP) is 3.05. The summed E-state index contributed by atoms with van der Waals surface area (Å²) in [7, 11) is 3.96. The molecule has 2 amide bonds. The first-order chi connectivity index (χ1) is 12.9. The third kappa shape index (κ3) is 6.26. The second-order valence-corrected chi connectivity index (χ2v) is 6.98. The fourth-order valence-electron chi connectivity index (χ4n) is 2.32. The fraction of sp³-hybridized carbons (Fsp3) is 0.316. The lowest BCUT2D eigenvalue weighted by atomic mass is 10.3. The van der Waals surface area contributed by atoms with Crippen LogP contribution in [0.4, 0.5) is 15.2 Å². The molecule has 8 heteroatoms. The Bertz CT molecular complexity index is 820. The molecule has 0 radical (unpaired) electrons. The van der Waals surface area contributed by atoms with Crippen molar-refractivity contribution in [3.63, 3.8) is 0 Å². The number of nitrogens with one attached hydrogen (secondary N) is 1. The van der Waals surface area contributed by atoms with Crippen LogP contribution in [0.2, 0.25) is 0 Å². The normalized spacial score (nSPS) is 11.1. The van der Waals surface area contributed by atoms with E-state index in [1.807, 2.05) is 14.1 Å². The van der Waals surface area contributed by atoms with Crippen LogP contribution in [0.5, 0.6) is 0 Å². The maximum atomic E-state index is 14.1. The van der Waals surface area contributed by atoms with E-state index in [1.165, 1.54) is 41.4 Å². The van der Waals surface area contributed by atoms with Gasteiger partial charge in [-0.1, -0.05) is 12.1 Å². The quantitative estimate of drug-likeness (QED) is 0.556. The molecule has 0 saturated heterocycles. The van der Waals surface area contributed by atoms with E-state index in [0.717, 1.165) is 13.0 Å². The summed E-state index contributed by atoms with van der Waals surface area (Å²) in [6.07, 6.45) is 3.83. The number of thiazole rings is 1. The van der Waals surface area contributed by atoms with Crippen LogP contribution in [-0.4, -0.2) is 48.9 Å². The smallest absolute Gasteiger partial charge is 0.244 e. The number of amides is 2. The summed E-state index contributed by atoms with van der Waals surface area (Å²) in [4.78, 5) is 31.4. The summed E-state index contributed by atoms with van der Waals surface area (Å²) >= 11 is 1.20. The lowest BCUT2D eigenvalue weighted by Crippen LogP contribution is -2.25. The first kappa shape index (κ1) is 20.7. The largest absolute Gasteiger partial charge is 0.353 e. The van der Waals surface area contributed by atoms with Gasteiger partial charge in [0.05, 0.1) is 11.4 Å². The zero-order valence-electron chi connectivity index (χ0n) is 15.6. The molecule has 0 bridgehead atoms. The monoisotopic (exact) mass is 390 g/mol. The molecule has 2 aromatic rings. The third-order valence-electron chi connectivity index (χ3n) is 3.60. The second-order valence-electron chi connectivity index (χ2n) is 6.14. The van der Waals surface area contributed by atoms with Gasteiger partial charge in [-0.05, 0) is 45.3 Å². The summed E-state index contributed by atoms with van der Waals surface area (Å²) in [5.41, 5.74) is 0.676. The van der Waals surface area contributed by atoms with E-state index in [0.29, 0.717) is 17.4 Å². The Kier molecular flexibility index (Phi) is 7.63. The number of halogens is 1. The average Bonchev–Trinajstić information content (AvgIpc) is 3.07. The van der Waals surface area contributed by atoms with E-state index >= 15 is 0 Å². The molecule has 1 aromatic heterocycles. The van der Waals surface area contributed by atoms with Gasteiger partial charge in [0, 0.05) is 24.9 Å². The summed E-state index contributed by atoms with van der Waals surface area (Å²) in [6, 6.07) is 6.03. The Labute approximate surface area is 162 Å². The molecule has 0 aliphatic rings. The fourth-order valence-corrected chi connectivity index (χ4v) is 3.17. The number of rotatable bonds is 8. The number of carbonyl (C=O) groups excluding carboxylic acids is 2. The van der Waals surface area contributed by atoms with Gasteiger partial charge in [0.25, 0.3) is 0 Å². The van der Waals surface area contributed by atoms with Crippen LogP contribution >= 0.6 is 11.3 Å². The number of aromatic nitrogens is 1. The van der Waals surface area contributed by atoms with E-state index in [-0.39, 0.29) is 17.5 Å². The molecule has 1 N–H and O–H groups in total. The van der Waals surface area contributed by atoms with Gasteiger partial charge in [-0.3, -0.25) is 14.5 Å². The molecule has 0 fully saturated rings. The van der Waals surface area contributed by atoms with Gasteiger partial charge in [-0.25, -0.2) is 9.37 Å². The highest BCUT2D eigenvalue weighted by Gasteiger charge is 2.20. The van der Waals surface area contributed by atoms with E-state index in [1.54, 1.807) is 23.6 Å². The zero-order chi connectivity index (χ0) is 19.8. The summed E-state index contributed by atoms with van der Waals surface area (Å²) < 4.78 is 14.1. The van der Waals surface area contributed by atoms with Crippen molar-refractivity contribution in [2.45, 2.75) is 13.3 Å². The second kappa shape index (κ2) is 9.94. The van der Waals surface area contributed by atoms with Gasteiger partial charge in [-0.2, -0.15) is 0 Å². The first-order valence-corrected chi connectivity index (χ1v) is 9.38. The molecule has 27 heavy (non-hydrogen) atoms. The van der Waals surface area contributed by atoms with Crippen LogP contribution in [0, 0.1) is 5.82 Å². The number of anilines is 2. The molecule has 1 aromatic carbocycles. The number of carbonyl (C=O) groups is 2. The third-order valence-corrected chi connectivity index (χ3v) is 4.44. The Balaban J connectivity index is 2.03. The number of hydrogen-bond donors (Lipinski definition) is 1. The maximum absolute atomic E-state index is 14.1. The molecular weight excluding hydrogens is 367 g/mol. The van der Waals surface area contributed by atoms with Crippen molar-refractivity contribution in [1.82, 2.24) is 15.2 Å². The summed E-state index contributed by atoms with van der Waals surface area (Å²) in [5.74, 6) is -1.05. The molecular formula is C19H23FN4O2S. The molecule has 2 rings (SSSR count). The molecule has 6 nitrogen and oxygen atoms in total. The predicted molar refractivity (Wildman–Crippen MR) is 107 cm³/mol. The van der Waals surface area contributed by atoms with E-state index < -0.39 is 5.82 Å². The van der Waals surface area contributed by atoms with Gasteiger partial charge in [-0.15, -0.1) is 11.3 Å². The lowest BCUT2D eigenvalue weighted by molar-refractivity contribution is -0.117. The Morgan fingerprint density at radius 3 is 2.70 bits per heavy atom. The minimum absolute atomic E-state index is 0.147. The first-order valence-electron chi connectivity index (χ1n) is 8.50. The Morgan fingerprint density at radius 2 is 2.04 bits per heavy atom. The van der Waals surface area contributed by atoms with Crippen molar-refractivity contribution in [3.05, 3.63) is 47.2 Å². The van der Waals surface area contributed by atoms with Crippen LogP contribution in [0.1, 0.15) is 19.0 Å². The zero-order valence-corrected chi connectivity index (χ0v) is 16.4. The average molecular weight is 390 g/mol. The van der Waals surface area contributed by atoms with Gasteiger partial charge >= 0.3 is 0 Å². The number of para-hydroxylation sites is 1. The van der Waals surface area contributed by atoms with E-state index in [9.17, 15) is 14.0 Å². The lowest BCUT2D eigenvalue weighted by Gasteiger charge is -2.18. The highest BCUT2D eigenvalue weighted by molar-refractivity contribution is 7.14. The molecule has 0 spiro atoms. The van der Waals surface area contributed by atoms with Crippen molar-refractivity contribution in [2.24, 2.45) is 0 Å². The van der Waals surface area contributed by atoms with Crippen molar-refractivity contribution >= 4 is 40.0 Å². The number of benzene rings is 1. The standard InChI is InChI=1S/C19H23FN4O2S/c1-14(25)24(17-8-5-4-7-16(17)20)19-22-15(13-27-19)9-10-18(26)21-11-6-12-23(2)3/h4-5,7-10,13H,6,11-12H2,1-3H3,(H,21,26)/b10-9+. The molecule has 0 aliphatic carbocycles. The van der Waals surface area contributed by atoms with Gasteiger partial charge < -0.3 is 10.2 Å². The van der Waals surface area contributed by atoms with Gasteiger partial charge in [0.1, 0.15) is 5.82 Å². The topological polar surface area (TPSA) is 65.5 Å². The van der Waals surface area contributed by atoms with Crippen LogP contribution < -0.4 is 10.2 Å². The SMILES string of the molecule is CC(=O)N(c1nc(/C=C/C(=O)NCCCN(C)C)cs1)c1ccccc1F.